The number of Topliss-reactive ketones (excluding diaryl/α,β-unsaturated/α-hetero) is 1. The van der Waals surface area contributed by atoms with Crippen LogP contribution in [-0.4, -0.2) is 47.3 Å². The number of carbonyl (C=O) groups is 4. The molecule has 0 aromatic carbocycles. The lowest BCUT2D eigenvalue weighted by molar-refractivity contribution is -0.173. The van der Waals surface area contributed by atoms with Crippen molar-refractivity contribution in [3.63, 3.8) is 0 Å². The molecule has 3 amide bonds. The lowest BCUT2D eigenvalue weighted by atomic mass is 9.77. The second kappa shape index (κ2) is 10.5. The fraction of sp³-hybridized carbons (Fsp3) is 0.815. The summed E-state index contributed by atoms with van der Waals surface area (Å²) in [6.45, 7) is 8.72. The van der Waals surface area contributed by atoms with Crippen LogP contribution in [0.4, 0.5) is 13.2 Å². The molecule has 3 rings (SSSR count). The average Bonchev–Trinajstić information content (AvgIpc) is 3.67. The van der Waals surface area contributed by atoms with Crippen molar-refractivity contribution in [3.05, 3.63) is 0 Å². The van der Waals surface area contributed by atoms with Crippen molar-refractivity contribution in [1.82, 2.24) is 16.0 Å². The highest BCUT2D eigenvalue weighted by Gasteiger charge is 2.50. The lowest BCUT2D eigenvalue weighted by Crippen LogP contribution is -2.53. The molecule has 2 aliphatic carbocycles. The Morgan fingerprint density at radius 3 is 2.13 bits per heavy atom. The third-order valence-electron chi connectivity index (χ3n) is 8.51. The zero-order valence-corrected chi connectivity index (χ0v) is 22.8. The molecule has 38 heavy (non-hydrogen) atoms. The maximum Gasteiger partial charge on any atom is 0.449 e. The van der Waals surface area contributed by atoms with E-state index in [1.807, 2.05) is 19.9 Å². The number of nitrogens with zero attached hydrogens (tertiary/aromatic N) is 1. The molecule has 3 N–H and O–H groups in total. The van der Waals surface area contributed by atoms with Gasteiger partial charge in [0.05, 0.1) is 12.0 Å². The molecule has 212 valence electrons. The number of nitrogens with one attached hydrogen (secondary N) is 3. The zero-order chi connectivity index (χ0) is 28.7. The first kappa shape index (κ1) is 29.9. The number of alkyl halides is 3. The van der Waals surface area contributed by atoms with Crippen LogP contribution in [0.5, 0.6) is 0 Å². The smallest absolute Gasteiger partial charge is 0.350 e. The van der Waals surface area contributed by atoms with Gasteiger partial charge in [-0.3, -0.25) is 19.2 Å². The summed E-state index contributed by atoms with van der Waals surface area (Å²) in [5, 5.41) is 17.9. The lowest BCUT2D eigenvalue weighted by Gasteiger charge is -2.32. The number of piperidine rings is 1. The highest BCUT2D eigenvalue weighted by atomic mass is 19.4. The maximum atomic E-state index is 13.3. The Morgan fingerprint density at radius 2 is 1.68 bits per heavy atom. The van der Waals surface area contributed by atoms with Gasteiger partial charge in [-0.1, -0.05) is 34.6 Å². The van der Waals surface area contributed by atoms with E-state index < -0.39 is 59.5 Å². The van der Waals surface area contributed by atoms with Gasteiger partial charge in [-0.2, -0.15) is 18.4 Å². The Morgan fingerprint density at radius 1 is 1.08 bits per heavy atom. The highest BCUT2D eigenvalue weighted by molar-refractivity contribution is 5.93. The van der Waals surface area contributed by atoms with Crippen LogP contribution in [0.3, 0.4) is 0 Å². The molecule has 0 aromatic heterocycles. The summed E-state index contributed by atoms with van der Waals surface area (Å²) in [6, 6.07) is -0.0349. The molecule has 8 nitrogen and oxygen atoms in total. The summed E-state index contributed by atoms with van der Waals surface area (Å²) in [5.74, 6) is -5.20. The second-order valence-electron chi connectivity index (χ2n) is 13.2. The largest absolute Gasteiger partial charge is 0.449 e. The summed E-state index contributed by atoms with van der Waals surface area (Å²) < 4.78 is 38.9. The predicted octanol–water partition coefficient (Wildman–Crippen LogP) is 3.55. The minimum absolute atomic E-state index is 0.0491. The molecule has 11 heteroatoms. The molecule has 3 fully saturated rings. The molecule has 1 aliphatic heterocycles. The molecule has 1 saturated heterocycles. The van der Waals surface area contributed by atoms with Gasteiger partial charge in [0.1, 0.15) is 12.1 Å². The van der Waals surface area contributed by atoms with E-state index in [4.69, 9.17) is 0 Å². The fourth-order valence-electron chi connectivity index (χ4n) is 5.32. The van der Waals surface area contributed by atoms with E-state index in [9.17, 15) is 37.6 Å². The van der Waals surface area contributed by atoms with Gasteiger partial charge in [0, 0.05) is 17.9 Å². The van der Waals surface area contributed by atoms with Gasteiger partial charge in [-0.25, -0.2) is 0 Å². The maximum absolute atomic E-state index is 13.3. The molecule has 1 spiro atoms. The first-order chi connectivity index (χ1) is 17.4. The summed E-state index contributed by atoms with van der Waals surface area (Å²) in [4.78, 5) is 50.7. The molecule has 0 radical (unpaired) electrons. The number of amides is 3. The standard InChI is InChI=1S/C27H39F3N4O4/c1-24(2,3)18(12-20(35)27(28,29)30)22(37)33-19(11-16-13-25(16,4)5)23(38)32-17(14-31)10-15-6-7-26(8-9-26)34-21(15)36/h15-19H,6-13H2,1-5H3,(H,32,38)(H,33,37)(H,34,36)/t15-,16?,17-,18+,19-/m0/s1. The van der Waals surface area contributed by atoms with Crippen molar-refractivity contribution in [3.8, 4) is 6.07 Å². The number of nitriles is 1. The van der Waals surface area contributed by atoms with E-state index in [2.05, 4.69) is 16.0 Å². The van der Waals surface area contributed by atoms with Gasteiger partial charge in [0.25, 0.3) is 0 Å². The number of hydrogen-bond donors (Lipinski definition) is 3. The molecular formula is C27H39F3N4O4. The molecular weight excluding hydrogens is 501 g/mol. The Hall–Kier alpha value is -2.64. The highest BCUT2D eigenvalue weighted by Crippen LogP contribution is 2.54. The van der Waals surface area contributed by atoms with Crippen LogP contribution >= 0.6 is 0 Å². The van der Waals surface area contributed by atoms with Crippen LogP contribution in [0.2, 0.25) is 0 Å². The minimum atomic E-state index is -5.07. The van der Waals surface area contributed by atoms with Crippen LogP contribution in [0.1, 0.15) is 86.0 Å². The zero-order valence-electron chi connectivity index (χ0n) is 22.8. The van der Waals surface area contributed by atoms with Crippen LogP contribution in [0.25, 0.3) is 0 Å². The third kappa shape index (κ3) is 7.48. The first-order valence-corrected chi connectivity index (χ1v) is 13.3. The van der Waals surface area contributed by atoms with Crippen molar-refractivity contribution in [2.24, 2.45) is 28.6 Å². The normalized spacial score (nSPS) is 25.8. The summed E-state index contributed by atoms with van der Waals surface area (Å²) >= 11 is 0. The van der Waals surface area contributed by atoms with Crippen LogP contribution in [0, 0.1) is 39.9 Å². The van der Waals surface area contributed by atoms with Crippen LogP contribution < -0.4 is 16.0 Å². The minimum Gasteiger partial charge on any atom is -0.350 e. The summed E-state index contributed by atoms with van der Waals surface area (Å²) in [6.07, 6.45) is -1.55. The molecule has 2 saturated carbocycles. The quantitative estimate of drug-likeness (QED) is 0.391. The van der Waals surface area contributed by atoms with Crippen molar-refractivity contribution >= 4 is 23.5 Å². The van der Waals surface area contributed by atoms with Gasteiger partial charge in [0.15, 0.2) is 0 Å². The molecule has 0 bridgehead atoms. The van der Waals surface area contributed by atoms with Gasteiger partial charge in [-0.15, -0.1) is 0 Å². The number of carbonyl (C=O) groups excluding carboxylic acids is 4. The first-order valence-electron chi connectivity index (χ1n) is 13.3. The van der Waals surface area contributed by atoms with Crippen LogP contribution in [-0.2, 0) is 19.2 Å². The summed E-state index contributed by atoms with van der Waals surface area (Å²) in [7, 11) is 0. The molecule has 5 atom stereocenters. The molecule has 1 unspecified atom stereocenters. The number of ketones is 1. The SMILES string of the molecule is CC1(C)CC1C[C@H](NC(=O)[C@@H](CC(=O)C(F)(F)F)C(C)(C)C)C(=O)N[C@H](C#N)C[C@@H]1CCC2(CC2)NC1=O. The van der Waals surface area contributed by atoms with Gasteiger partial charge < -0.3 is 16.0 Å². The van der Waals surface area contributed by atoms with Gasteiger partial charge in [-0.05, 0) is 61.7 Å². The molecule has 0 aromatic rings. The van der Waals surface area contributed by atoms with E-state index in [0.29, 0.717) is 6.42 Å². The van der Waals surface area contributed by atoms with Crippen molar-refractivity contribution in [1.29, 1.82) is 5.26 Å². The monoisotopic (exact) mass is 540 g/mol. The van der Waals surface area contributed by atoms with Gasteiger partial charge >= 0.3 is 6.18 Å². The Kier molecular flexibility index (Phi) is 8.26. The molecule has 1 heterocycles. The molecule has 3 aliphatic rings. The second-order valence-corrected chi connectivity index (χ2v) is 13.2. The van der Waals surface area contributed by atoms with Gasteiger partial charge in [0.2, 0.25) is 23.5 Å². The predicted molar refractivity (Wildman–Crippen MR) is 132 cm³/mol. The number of hydrogen-bond acceptors (Lipinski definition) is 5. The third-order valence-corrected chi connectivity index (χ3v) is 8.51. The number of rotatable bonds is 10. The van der Waals surface area contributed by atoms with E-state index in [1.165, 1.54) is 0 Å². The van der Waals surface area contributed by atoms with Crippen molar-refractivity contribution in [2.75, 3.05) is 0 Å². The van der Waals surface area contributed by atoms with E-state index in [0.717, 1.165) is 25.7 Å². The van der Waals surface area contributed by atoms with Crippen molar-refractivity contribution < 1.29 is 32.3 Å². The Labute approximate surface area is 221 Å². The van der Waals surface area contributed by atoms with E-state index in [-0.39, 0.29) is 35.6 Å². The van der Waals surface area contributed by atoms with Crippen LogP contribution in [0.15, 0.2) is 0 Å². The topological polar surface area (TPSA) is 128 Å². The number of halogens is 3. The van der Waals surface area contributed by atoms with Crippen molar-refractivity contribution in [2.45, 2.75) is 110 Å². The average molecular weight is 541 g/mol. The Balaban J connectivity index is 1.69. The summed E-state index contributed by atoms with van der Waals surface area (Å²) in [5.41, 5.74) is -1.12. The fourth-order valence-corrected chi connectivity index (χ4v) is 5.32. The van der Waals surface area contributed by atoms with E-state index in [1.54, 1.807) is 20.8 Å². The van der Waals surface area contributed by atoms with E-state index >= 15 is 0 Å². The Bertz CT molecular complexity index is 1010.